The molecule has 1 aliphatic heterocycles. The van der Waals surface area contributed by atoms with Gasteiger partial charge in [-0.1, -0.05) is 58.3 Å². The second kappa shape index (κ2) is 9.80. The second-order valence-electron chi connectivity index (χ2n) is 5.96. The minimum atomic E-state index is 0.364. The first-order valence-corrected chi connectivity index (χ1v) is 8.13. The van der Waals surface area contributed by atoms with Crippen molar-refractivity contribution in [2.45, 2.75) is 90.2 Å². The third kappa shape index (κ3) is 6.19. The molecule has 0 amide bonds. The van der Waals surface area contributed by atoms with Gasteiger partial charge in [0.2, 0.25) is 0 Å². The smallest absolute Gasteiger partial charge is 0.0590 e. The summed E-state index contributed by atoms with van der Waals surface area (Å²) in [5.41, 5.74) is 6.27. The molecule has 0 saturated carbocycles. The Hall–Kier alpha value is -0.0800. The van der Waals surface area contributed by atoms with Crippen LogP contribution in [0.1, 0.15) is 78.1 Å². The molecule has 1 saturated heterocycles. The molecule has 0 aromatic heterocycles. The van der Waals surface area contributed by atoms with Gasteiger partial charge in [0.05, 0.1) is 6.10 Å². The summed E-state index contributed by atoms with van der Waals surface area (Å²) in [5, 5.41) is 0. The highest BCUT2D eigenvalue weighted by atomic mass is 16.5. The summed E-state index contributed by atoms with van der Waals surface area (Å²) in [7, 11) is 0. The molecule has 0 aromatic rings. The molecule has 1 aliphatic rings. The van der Waals surface area contributed by atoms with E-state index in [9.17, 15) is 0 Å². The highest BCUT2D eigenvalue weighted by Gasteiger charge is 2.28. The van der Waals surface area contributed by atoms with Gasteiger partial charge in [-0.05, 0) is 19.8 Å². The highest BCUT2D eigenvalue weighted by molar-refractivity contribution is 4.81. The summed E-state index contributed by atoms with van der Waals surface area (Å²) in [6.45, 7) is 5.36. The lowest BCUT2D eigenvalue weighted by Gasteiger charge is -2.21. The van der Waals surface area contributed by atoms with Crippen LogP contribution in [0.25, 0.3) is 0 Å². The Balaban J connectivity index is 1.91. The molecule has 0 bridgehead atoms. The molecule has 108 valence electrons. The first-order valence-electron chi connectivity index (χ1n) is 8.13. The largest absolute Gasteiger partial charge is 0.378 e. The number of rotatable bonds is 10. The van der Waals surface area contributed by atoms with Crippen molar-refractivity contribution in [1.29, 1.82) is 0 Å². The van der Waals surface area contributed by atoms with Gasteiger partial charge < -0.3 is 10.5 Å². The normalized spacial score (nSPS) is 25.5. The molecule has 3 atom stereocenters. The van der Waals surface area contributed by atoms with Crippen LogP contribution in [-0.4, -0.2) is 18.8 Å². The molecule has 1 rings (SSSR count). The number of nitrogens with two attached hydrogens (primary N) is 1. The van der Waals surface area contributed by atoms with Crippen molar-refractivity contribution in [1.82, 2.24) is 0 Å². The van der Waals surface area contributed by atoms with E-state index >= 15 is 0 Å². The quantitative estimate of drug-likeness (QED) is 0.592. The average molecular weight is 255 g/mol. The van der Waals surface area contributed by atoms with Crippen molar-refractivity contribution in [3.8, 4) is 0 Å². The van der Waals surface area contributed by atoms with Gasteiger partial charge in [-0.25, -0.2) is 0 Å². The molecular weight excluding hydrogens is 222 g/mol. The van der Waals surface area contributed by atoms with Crippen molar-refractivity contribution in [3.05, 3.63) is 0 Å². The Morgan fingerprint density at radius 2 is 1.67 bits per heavy atom. The monoisotopic (exact) mass is 255 g/mol. The minimum Gasteiger partial charge on any atom is -0.378 e. The molecule has 2 nitrogen and oxygen atoms in total. The highest BCUT2D eigenvalue weighted by Crippen LogP contribution is 2.25. The standard InChI is InChI=1S/C16H33NO/c1-3-4-5-6-7-8-9-10-11-16(17)15-12-13-18-14(15)2/h14-16H,3-13,17H2,1-2H3. The molecule has 0 aromatic carbocycles. The van der Waals surface area contributed by atoms with Crippen LogP contribution >= 0.6 is 0 Å². The molecule has 18 heavy (non-hydrogen) atoms. The number of hydrogen-bond donors (Lipinski definition) is 1. The SMILES string of the molecule is CCCCCCCCCCC(N)C1CCOC1C. The van der Waals surface area contributed by atoms with Gasteiger partial charge in [0.15, 0.2) is 0 Å². The summed E-state index contributed by atoms with van der Waals surface area (Å²) in [5.74, 6) is 0.606. The van der Waals surface area contributed by atoms with Crippen LogP contribution in [0.2, 0.25) is 0 Å². The van der Waals surface area contributed by atoms with Crippen molar-refractivity contribution < 1.29 is 4.74 Å². The van der Waals surface area contributed by atoms with E-state index in [2.05, 4.69) is 13.8 Å². The lowest BCUT2D eigenvalue weighted by atomic mass is 9.90. The lowest BCUT2D eigenvalue weighted by molar-refractivity contribution is 0.0984. The molecule has 1 fully saturated rings. The number of ether oxygens (including phenoxy) is 1. The fraction of sp³-hybridized carbons (Fsp3) is 1.00. The van der Waals surface area contributed by atoms with E-state index in [0.717, 1.165) is 6.61 Å². The van der Waals surface area contributed by atoms with Gasteiger partial charge in [-0.3, -0.25) is 0 Å². The van der Waals surface area contributed by atoms with Crippen molar-refractivity contribution in [2.75, 3.05) is 6.61 Å². The van der Waals surface area contributed by atoms with Gasteiger partial charge in [-0.15, -0.1) is 0 Å². The lowest BCUT2D eigenvalue weighted by Crippen LogP contribution is -2.34. The zero-order valence-electron chi connectivity index (χ0n) is 12.5. The minimum absolute atomic E-state index is 0.364. The second-order valence-corrected chi connectivity index (χ2v) is 5.96. The molecule has 2 N–H and O–H groups in total. The van der Waals surface area contributed by atoms with Crippen LogP contribution in [0.5, 0.6) is 0 Å². The van der Waals surface area contributed by atoms with E-state index in [1.54, 1.807) is 0 Å². The van der Waals surface area contributed by atoms with Gasteiger partial charge in [0, 0.05) is 18.6 Å². The maximum absolute atomic E-state index is 6.27. The van der Waals surface area contributed by atoms with E-state index < -0.39 is 0 Å². The summed E-state index contributed by atoms with van der Waals surface area (Å²) in [4.78, 5) is 0. The number of unbranched alkanes of at least 4 members (excludes halogenated alkanes) is 7. The van der Waals surface area contributed by atoms with Gasteiger partial charge in [0.25, 0.3) is 0 Å². The Morgan fingerprint density at radius 3 is 2.22 bits per heavy atom. The molecule has 0 aliphatic carbocycles. The maximum Gasteiger partial charge on any atom is 0.0590 e. The Bertz CT molecular complexity index is 196. The molecule has 3 unspecified atom stereocenters. The fourth-order valence-electron chi connectivity index (χ4n) is 3.04. The first kappa shape index (κ1) is 16.0. The van der Waals surface area contributed by atoms with Crippen LogP contribution < -0.4 is 5.73 Å². The van der Waals surface area contributed by atoms with Crippen molar-refractivity contribution in [3.63, 3.8) is 0 Å². The topological polar surface area (TPSA) is 35.2 Å². The van der Waals surface area contributed by atoms with Gasteiger partial charge in [0.1, 0.15) is 0 Å². The zero-order valence-corrected chi connectivity index (χ0v) is 12.5. The Morgan fingerprint density at radius 1 is 1.06 bits per heavy atom. The maximum atomic E-state index is 6.27. The summed E-state index contributed by atoms with van der Waals surface area (Å²) in [6, 6.07) is 0.364. The predicted octanol–water partition coefficient (Wildman–Crippen LogP) is 4.27. The third-order valence-electron chi connectivity index (χ3n) is 4.38. The van der Waals surface area contributed by atoms with Crippen LogP contribution in [0.4, 0.5) is 0 Å². The Labute approximate surface area is 114 Å². The van der Waals surface area contributed by atoms with Crippen LogP contribution in [0.15, 0.2) is 0 Å². The summed E-state index contributed by atoms with van der Waals surface area (Å²) >= 11 is 0. The summed E-state index contributed by atoms with van der Waals surface area (Å²) < 4.78 is 5.59. The third-order valence-corrected chi connectivity index (χ3v) is 4.38. The van der Waals surface area contributed by atoms with E-state index in [4.69, 9.17) is 10.5 Å². The van der Waals surface area contributed by atoms with Gasteiger partial charge >= 0.3 is 0 Å². The average Bonchev–Trinajstić information content (AvgIpc) is 2.79. The molecule has 0 spiro atoms. The molecule has 1 heterocycles. The Kier molecular flexibility index (Phi) is 8.70. The van der Waals surface area contributed by atoms with E-state index in [1.165, 1.54) is 64.2 Å². The van der Waals surface area contributed by atoms with Gasteiger partial charge in [-0.2, -0.15) is 0 Å². The predicted molar refractivity (Wildman–Crippen MR) is 78.7 cm³/mol. The van der Waals surface area contributed by atoms with E-state index in [0.29, 0.717) is 18.1 Å². The van der Waals surface area contributed by atoms with E-state index in [1.807, 2.05) is 0 Å². The van der Waals surface area contributed by atoms with Crippen LogP contribution in [-0.2, 0) is 4.74 Å². The van der Waals surface area contributed by atoms with Crippen molar-refractivity contribution >= 4 is 0 Å². The van der Waals surface area contributed by atoms with Crippen LogP contribution in [0.3, 0.4) is 0 Å². The van der Waals surface area contributed by atoms with Crippen molar-refractivity contribution in [2.24, 2.45) is 11.7 Å². The van der Waals surface area contributed by atoms with E-state index in [-0.39, 0.29) is 0 Å². The number of hydrogen-bond acceptors (Lipinski definition) is 2. The molecule has 0 radical (unpaired) electrons. The molecule has 2 heteroatoms. The fourth-order valence-corrected chi connectivity index (χ4v) is 3.04. The first-order chi connectivity index (χ1) is 8.75. The zero-order chi connectivity index (χ0) is 13.2. The van der Waals surface area contributed by atoms with Crippen LogP contribution in [0, 0.1) is 5.92 Å². The molecular formula is C16H33NO. The summed E-state index contributed by atoms with van der Waals surface area (Å²) in [6.07, 6.45) is 13.8.